The first-order valence-electron chi connectivity index (χ1n) is 7.33. The van der Waals surface area contributed by atoms with Gasteiger partial charge in [0.15, 0.2) is 0 Å². The number of carboxylic acids is 1. The third kappa shape index (κ3) is 5.09. The Kier molecular flexibility index (Phi) is 6.67. The summed E-state index contributed by atoms with van der Waals surface area (Å²) in [6.07, 6.45) is 5.84. The van der Waals surface area contributed by atoms with Gasteiger partial charge >= 0.3 is 12.0 Å². The Bertz CT molecular complexity index is 307. The van der Waals surface area contributed by atoms with Gasteiger partial charge in [-0.15, -0.1) is 0 Å². The zero-order valence-corrected chi connectivity index (χ0v) is 12.0. The van der Waals surface area contributed by atoms with E-state index in [0.29, 0.717) is 25.4 Å². The van der Waals surface area contributed by atoms with Crippen LogP contribution in [0.1, 0.15) is 52.4 Å². The number of carbonyl (C=O) groups is 2. The molecule has 1 aliphatic rings. The van der Waals surface area contributed by atoms with Crippen molar-refractivity contribution in [3.05, 3.63) is 0 Å². The lowest BCUT2D eigenvalue weighted by atomic mass is 9.93. The third-order valence-corrected chi connectivity index (χ3v) is 3.72. The summed E-state index contributed by atoms with van der Waals surface area (Å²) < 4.78 is 0. The monoisotopic (exact) mass is 270 g/mol. The molecule has 0 aromatic rings. The van der Waals surface area contributed by atoms with E-state index in [2.05, 4.69) is 12.2 Å². The van der Waals surface area contributed by atoms with Crippen molar-refractivity contribution in [3.8, 4) is 0 Å². The Morgan fingerprint density at radius 2 is 2.05 bits per heavy atom. The van der Waals surface area contributed by atoms with Crippen LogP contribution in [0.4, 0.5) is 4.79 Å². The number of hydrogen-bond acceptors (Lipinski definition) is 2. The first-order chi connectivity index (χ1) is 9.06. The maximum Gasteiger partial charge on any atom is 0.326 e. The Morgan fingerprint density at radius 1 is 1.32 bits per heavy atom. The molecular formula is C14H26N2O3. The van der Waals surface area contributed by atoms with Gasteiger partial charge in [-0.3, -0.25) is 0 Å². The Morgan fingerprint density at radius 3 is 2.68 bits per heavy atom. The largest absolute Gasteiger partial charge is 0.480 e. The molecule has 0 spiro atoms. The minimum absolute atomic E-state index is 0.226. The topological polar surface area (TPSA) is 69.6 Å². The highest BCUT2D eigenvalue weighted by molar-refractivity contribution is 5.82. The number of rotatable bonds is 6. The maximum atomic E-state index is 12.0. The van der Waals surface area contributed by atoms with Crippen LogP contribution in [0.25, 0.3) is 0 Å². The zero-order chi connectivity index (χ0) is 14.3. The molecule has 2 amide bonds. The van der Waals surface area contributed by atoms with E-state index in [1.807, 2.05) is 6.92 Å². The van der Waals surface area contributed by atoms with E-state index in [4.69, 9.17) is 0 Å². The summed E-state index contributed by atoms with van der Waals surface area (Å²) in [5.41, 5.74) is 0. The molecular weight excluding hydrogens is 244 g/mol. The molecule has 5 heteroatoms. The van der Waals surface area contributed by atoms with E-state index in [9.17, 15) is 14.7 Å². The molecule has 110 valence electrons. The van der Waals surface area contributed by atoms with Crippen LogP contribution < -0.4 is 5.32 Å². The highest BCUT2D eigenvalue weighted by Crippen LogP contribution is 2.22. The number of aliphatic carboxylic acids is 1. The molecule has 1 aliphatic heterocycles. The maximum absolute atomic E-state index is 12.0. The number of urea groups is 1. The van der Waals surface area contributed by atoms with Gasteiger partial charge in [0.1, 0.15) is 6.04 Å². The van der Waals surface area contributed by atoms with E-state index in [0.717, 1.165) is 19.3 Å². The number of likely N-dealkylation sites (tertiary alicyclic amines) is 1. The second kappa shape index (κ2) is 8.02. The molecule has 5 nitrogen and oxygen atoms in total. The van der Waals surface area contributed by atoms with E-state index < -0.39 is 12.0 Å². The van der Waals surface area contributed by atoms with Crippen LogP contribution in [0.3, 0.4) is 0 Å². The molecule has 1 rings (SSSR count). The number of nitrogens with one attached hydrogen (secondary N) is 1. The number of piperidine rings is 1. The Labute approximate surface area is 115 Å². The molecule has 1 saturated heterocycles. The van der Waals surface area contributed by atoms with Crippen molar-refractivity contribution < 1.29 is 14.7 Å². The van der Waals surface area contributed by atoms with Crippen LogP contribution in [0.5, 0.6) is 0 Å². The van der Waals surface area contributed by atoms with Gasteiger partial charge in [0, 0.05) is 13.1 Å². The van der Waals surface area contributed by atoms with Crippen molar-refractivity contribution in [1.29, 1.82) is 0 Å². The molecule has 2 unspecified atom stereocenters. The quantitative estimate of drug-likeness (QED) is 0.728. The van der Waals surface area contributed by atoms with Crippen LogP contribution >= 0.6 is 0 Å². The number of unbranched alkanes of at least 4 members (excludes halogenated alkanes) is 3. The second-order valence-corrected chi connectivity index (χ2v) is 5.47. The molecule has 0 bridgehead atoms. The van der Waals surface area contributed by atoms with Crippen molar-refractivity contribution in [2.24, 2.45) is 5.92 Å². The zero-order valence-electron chi connectivity index (χ0n) is 12.0. The highest BCUT2D eigenvalue weighted by atomic mass is 16.4. The lowest BCUT2D eigenvalue weighted by Crippen LogP contribution is -2.53. The molecule has 0 radical (unpaired) electrons. The standard InChI is InChI=1S/C14H26N2O3/c1-3-4-5-6-8-15-14(19)16-9-7-11(2)10-12(16)13(17)18/h11-12H,3-10H2,1-2H3,(H,15,19)(H,17,18). The van der Waals surface area contributed by atoms with Crippen molar-refractivity contribution >= 4 is 12.0 Å². The van der Waals surface area contributed by atoms with Gasteiger partial charge in [0.2, 0.25) is 0 Å². The molecule has 2 atom stereocenters. The minimum Gasteiger partial charge on any atom is -0.480 e. The number of hydrogen-bond donors (Lipinski definition) is 2. The summed E-state index contributed by atoms with van der Waals surface area (Å²) in [5.74, 6) is -0.526. The summed E-state index contributed by atoms with van der Waals surface area (Å²) in [6.45, 7) is 5.36. The fourth-order valence-corrected chi connectivity index (χ4v) is 2.47. The van der Waals surface area contributed by atoms with Gasteiger partial charge in [-0.25, -0.2) is 9.59 Å². The number of amides is 2. The molecule has 0 aromatic carbocycles. The van der Waals surface area contributed by atoms with Gasteiger partial charge in [-0.1, -0.05) is 33.1 Å². The summed E-state index contributed by atoms with van der Waals surface area (Å²) in [5, 5.41) is 12.0. The molecule has 0 saturated carbocycles. The smallest absolute Gasteiger partial charge is 0.326 e. The SMILES string of the molecule is CCCCCCNC(=O)N1CCC(C)CC1C(=O)O. The number of nitrogens with zero attached hydrogens (tertiary/aromatic N) is 1. The van der Waals surface area contributed by atoms with Gasteiger partial charge < -0.3 is 15.3 Å². The van der Waals surface area contributed by atoms with E-state index in [1.165, 1.54) is 17.7 Å². The van der Waals surface area contributed by atoms with Crippen molar-refractivity contribution in [1.82, 2.24) is 10.2 Å². The average molecular weight is 270 g/mol. The van der Waals surface area contributed by atoms with Gasteiger partial charge in [-0.05, 0) is 25.2 Å². The van der Waals surface area contributed by atoms with E-state index in [-0.39, 0.29) is 6.03 Å². The molecule has 0 aromatic heterocycles. The highest BCUT2D eigenvalue weighted by Gasteiger charge is 2.34. The Balaban J connectivity index is 2.38. The summed E-state index contributed by atoms with van der Waals surface area (Å²) in [6, 6.07) is -0.893. The first kappa shape index (κ1) is 15.8. The third-order valence-electron chi connectivity index (χ3n) is 3.72. The van der Waals surface area contributed by atoms with Crippen molar-refractivity contribution in [2.75, 3.05) is 13.1 Å². The second-order valence-electron chi connectivity index (χ2n) is 5.47. The number of carboxylic acid groups (broad SMARTS) is 1. The average Bonchev–Trinajstić information content (AvgIpc) is 2.38. The summed E-state index contributed by atoms with van der Waals surface area (Å²) in [4.78, 5) is 24.7. The first-order valence-corrected chi connectivity index (χ1v) is 7.33. The van der Waals surface area contributed by atoms with E-state index in [1.54, 1.807) is 0 Å². The predicted octanol–water partition coefficient (Wildman–Crippen LogP) is 2.46. The molecule has 1 fully saturated rings. The normalized spacial score (nSPS) is 23.2. The molecule has 0 aliphatic carbocycles. The predicted molar refractivity (Wildman–Crippen MR) is 74.1 cm³/mol. The Hall–Kier alpha value is -1.26. The molecule has 2 N–H and O–H groups in total. The lowest BCUT2D eigenvalue weighted by molar-refractivity contribution is -0.143. The number of carbonyl (C=O) groups excluding carboxylic acids is 1. The van der Waals surface area contributed by atoms with Crippen LogP contribution in [-0.4, -0.2) is 41.1 Å². The summed E-state index contributed by atoms with van der Waals surface area (Å²) >= 11 is 0. The van der Waals surface area contributed by atoms with Gasteiger partial charge in [-0.2, -0.15) is 0 Å². The van der Waals surface area contributed by atoms with Crippen LogP contribution in [0.2, 0.25) is 0 Å². The van der Waals surface area contributed by atoms with E-state index >= 15 is 0 Å². The fourth-order valence-electron chi connectivity index (χ4n) is 2.47. The van der Waals surface area contributed by atoms with Crippen molar-refractivity contribution in [3.63, 3.8) is 0 Å². The van der Waals surface area contributed by atoms with Gasteiger partial charge in [0.05, 0.1) is 0 Å². The summed E-state index contributed by atoms with van der Waals surface area (Å²) in [7, 11) is 0. The lowest BCUT2D eigenvalue weighted by Gasteiger charge is -2.35. The molecule has 19 heavy (non-hydrogen) atoms. The van der Waals surface area contributed by atoms with Crippen LogP contribution in [0, 0.1) is 5.92 Å². The molecule has 1 heterocycles. The fraction of sp³-hybridized carbons (Fsp3) is 0.857. The minimum atomic E-state index is -0.896. The van der Waals surface area contributed by atoms with Crippen LogP contribution in [-0.2, 0) is 4.79 Å². The van der Waals surface area contributed by atoms with Crippen LogP contribution in [0.15, 0.2) is 0 Å². The van der Waals surface area contributed by atoms with Gasteiger partial charge in [0.25, 0.3) is 0 Å². The van der Waals surface area contributed by atoms with Crippen molar-refractivity contribution in [2.45, 2.75) is 58.4 Å².